The van der Waals surface area contributed by atoms with E-state index in [0.717, 1.165) is 3.57 Å². The summed E-state index contributed by atoms with van der Waals surface area (Å²) in [6, 6.07) is 10.2. The molecule has 0 amide bonds. The number of aliphatic hydroxyl groups is 1. The molecular weight excluding hydrogens is 445 g/mol. The molecule has 0 bridgehead atoms. The van der Waals surface area contributed by atoms with E-state index in [-0.39, 0.29) is 12.2 Å². The predicted octanol–water partition coefficient (Wildman–Crippen LogP) is 5.12. The minimum atomic E-state index is -0.773. The molecule has 0 heterocycles. The normalized spacial score (nSPS) is 12.5. The highest BCUT2D eigenvalue weighted by Gasteiger charge is 2.13. The summed E-state index contributed by atoms with van der Waals surface area (Å²) in [6.45, 7) is 0. The van der Waals surface area contributed by atoms with Gasteiger partial charge in [0.25, 0.3) is 0 Å². The molecule has 1 unspecified atom stereocenters. The van der Waals surface area contributed by atoms with Gasteiger partial charge in [-0.3, -0.25) is 0 Å². The van der Waals surface area contributed by atoms with Gasteiger partial charge in [0.15, 0.2) is 0 Å². The first-order chi connectivity index (χ1) is 8.97. The van der Waals surface area contributed by atoms with Crippen molar-refractivity contribution in [1.29, 1.82) is 0 Å². The zero-order valence-corrected chi connectivity index (χ0v) is 14.2. The monoisotopic (exact) mass is 454 g/mol. The Morgan fingerprint density at radius 1 is 1.26 bits per heavy atom. The lowest BCUT2D eigenvalue weighted by atomic mass is 10.0. The van der Waals surface area contributed by atoms with Crippen LogP contribution in [0.3, 0.4) is 0 Å². The van der Waals surface area contributed by atoms with Gasteiger partial charge in [-0.15, -0.1) is 0 Å². The Bertz CT molecular complexity index is 606. The third-order valence-electron chi connectivity index (χ3n) is 2.76. The lowest BCUT2D eigenvalue weighted by Gasteiger charge is -2.12. The molecule has 2 rings (SSSR count). The first-order valence-corrected chi connectivity index (χ1v) is 7.79. The van der Waals surface area contributed by atoms with Gasteiger partial charge in [0, 0.05) is 14.5 Å². The predicted molar refractivity (Wildman–Crippen MR) is 86.9 cm³/mol. The summed E-state index contributed by atoms with van der Waals surface area (Å²) < 4.78 is 15.3. The fraction of sp³-hybridized carbons (Fsp3) is 0.143. The Kier molecular flexibility index (Phi) is 5.22. The minimum absolute atomic E-state index is 0.218. The van der Waals surface area contributed by atoms with Crippen LogP contribution in [0.15, 0.2) is 40.9 Å². The number of aliphatic hydroxyl groups excluding tert-OH is 1. The largest absolute Gasteiger partial charge is 0.388 e. The van der Waals surface area contributed by atoms with Gasteiger partial charge >= 0.3 is 0 Å². The summed E-state index contributed by atoms with van der Waals surface area (Å²) >= 11 is 11.3. The van der Waals surface area contributed by atoms with Crippen molar-refractivity contribution in [3.05, 3.63) is 66.4 Å². The summed E-state index contributed by atoms with van der Waals surface area (Å²) in [5.74, 6) is -0.329. The van der Waals surface area contributed by atoms with Gasteiger partial charge in [-0.1, -0.05) is 39.7 Å². The highest BCUT2D eigenvalue weighted by molar-refractivity contribution is 14.1. The zero-order chi connectivity index (χ0) is 14.0. The molecule has 19 heavy (non-hydrogen) atoms. The summed E-state index contributed by atoms with van der Waals surface area (Å²) in [5, 5.41) is 10.7. The first-order valence-electron chi connectivity index (χ1n) is 5.54. The van der Waals surface area contributed by atoms with Crippen LogP contribution in [0.5, 0.6) is 0 Å². The van der Waals surface area contributed by atoms with Crippen molar-refractivity contribution < 1.29 is 9.50 Å². The zero-order valence-electron chi connectivity index (χ0n) is 9.71. The molecule has 5 heteroatoms. The number of halogens is 4. The van der Waals surface area contributed by atoms with Crippen molar-refractivity contribution in [3.8, 4) is 0 Å². The number of hydrogen-bond donors (Lipinski definition) is 1. The maximum absolute atomic E-state index is 13.7. The van der Waals surface area contributed by atoms with E-state index in [2.05, 4.69) is 38.5 Å². The lowest BCUT2D eigenvalue weighted by Crippen LogP contribution is -2.04. The fourth-order valence-electron chi connectivity index (χ4n) is 1.73. The van der Waals surface area contributed by atoms with Crippen molar-refractivity contribution in [1.82, 2.24) is 0 Å². The average molecular weight is 455 g/mol. The topological polar surface area (TPSA) is 20.2 Å². The van der Waals surface area contributed by atoms with E-state index in [4.69, 9.17) is 11.6 Å². The molecule has 0 saturated carbocycles. The van der Waals surface area contributed by atoms with Gasteiger partial charge in [-0.25, -0.2) is 4.39 Å². The molecule has 2 aromatic carbocycles. The van der Waals surface area contributed by atoms with Crippen LogP contribution in [0.1, 0.15) is 17.2 Å². The van der Waals surface area contributed by atoms with Crippen molar-refractivity contribution >= 4 is 50.1 Å². The Morgan fingerprint density at radius 3 is 2.63 bits per heavy atom. The molecular formula is C14H10BrClFIO. The fourth-order valence-corrected chi connectivity index (χ4v) is 2.59. The standard InChI is InChI=1S/C14H10BrClFIO/c15-10-3-1-8(12(17)7-10)6-14(19)9-2-4-13(18)11(16)5-9/h1-5,7,14,19H,6H2. The van der Waals surface area contributed by atoms with E-state index >= 15 is 0 Å². The lowest BCUT2D eigenvalue weighted by molar-refractivity contribution is 0.177. The molecule has 0 fully saturated rings. The average Bonchev–Trinajstić information content (AvgIpc) is 2.36. The van der Waals surface area contributed by atoms with E-state index in [1.165, 1.54) is 6.07 Å². The first kappa shape index (κ1) is 15.2. The van der Waals surface area contributed by atoms with Gasteiger partial charge in [-0.05, 0) is 58.0 Å². The Hall–Kier alpha value is -0.170. The Morgan fingerprint density at radius 2 is 2.00 bits per heavy atom. The molecule has 0 aliphatic heterocycles. The highest BCUT2D eigenvalue weighted by atomic mass is 127. The molecule has 2 aromatic rings. The van der Waals surface area contributed by atoms with Gasteiger partial charge < -0.3 is 5.11 Å². The van der Waals surface area contributed by atoms with Crippen LogP contribution in [0.4, 0.5) is 4.39 Å². The van der Waals surface area contributed by atoms with Crippen LogP contribution in [-0.2, 0) is 6.42 Å². The van der Waals surface area contributed by atoms with Crippen molar-refractivity contribution in [2.45, 2.75) is 12.5 Å². The van der Waals surface area contributed by atoms with Gasteiger partial charge in [-0.2, -0.15) is 0 Å². The van der Waals surface area contributed by atoms with Crippen LogP contribution in [0.2, 0.25) is 5.02 Å². The third kappa shape index (κ3) is 3.90. The molecule has 100 valence electrons. The Labute approximate surface area is 138 Å². The summed E-state index contributed by atoms with van der Waals surface area (Å²) in [7, 11) is 0. The van der Waals surface area contributed by atoms with Crippen LogP contribution in [0.25, 0.3) is 0 Å². The van der Waals surface area contributed by atoms with Crippen LogP contribution in [0, 0.1) is 9.39 Å². The second-order valence-corrected chi connectivity index (χ2v) is 6.61. The van der Waals surface area contributed by atoms with Gasteiger partial charge in [0.1, 0.15) is 5.82 Å². The number of benzene rings is 2. The third-order valence-corrected chi connectivity index (χ3v) is 4.82. The SMILES string of the molecule is OC(Cc1ccc(Br)cc1F)c1ccc(I)c(Cl)c1. The van der Waals surface area contributed by atoms with Crippen molar-refractivity contribution in [2.75, 3.05) is 0 Å². The van der Waals surface area contributed by atoms with E-state index in [1.54, 1.807) is 24.3 Å². The van der Waals surface area contributed by atoms with E-state index in [9.17, 15) is 9.50 Å². The molecule has 0 spiro atoms. The van der Waals surface area contributed by atoms with Crippen LogP contribution < -0.4 is 0 Å². The smallest absolute Gasteiger partial charge is 0.127 e. The number of hydrogen-bond acceptors (Lipinski definition) is 1. The van der Waals surface area contributed by atoms with E-state index < -0.39 is 6.10 Å². The van der Waals surface area contributed by atoms with Crippen LogP contribution >= 0.6 is 50.1 Å². The molecule has 0 saturated heterocycles. The molecule has 1 nitrogen and oxygen atoms in total. The summed E-state index contributed by atoms with van der Waals surface area (Å²) in [5.41, 5.74) is 1.16. The maximum atomic E-state index is 13.7. The molecule has 0 radical (unpaired) electrons. The molecule has 0 aliphatic carbocycles. The van der Waals surface area contributed by atoms with E-state index in [0.29, 0.717) is 20.6 Å². The number of rotatable bonds is 3. The molecule has 0 aliphatic rings. The van der Waals surface area contributed by atoms with Crippen molar-refractivity contribution in [3.63, 3.8) is 0 Å². The quantitative estimate of drug-likeness (QED) is 0.637. The molecule has 1 N–H and O–H groups in total. The van der Waals surface area contributed by atoms with E-state index in [1.807, 2.05) is 6.07 Å². The maximum Gasteiger partial charge on any atom is 0.127 e. The van der Waals surface area contributed by atoms with Crippen LogP contribution in [-0.4, -0.2) is 5.11 Å². The summed E-state index contributed by atoms with van der Waals surface area (Å²) in [6.07, 6.45) is -0.555. The highest BCUT2D eigenvalue weighted by Crippen LogP contribution is 2.26. The molecule has 0 aromatic heterocycles. The van der Waals surface area contributed by atoms with Crippen molar-refractivity contribution in [2.24, 2.45) is 0 Å². The van der Waals surface area contributed by atoms with Gasteiger partial charge in [0.2, 0.25) is 0 Å². The second kappa shape index (κ2) is 6.52. The Balaban J connectivity index is 2.20. The summed E-state index contributed by atoms with van der Waals surface area (Å²) in [4.78, 5) is 0. The van der Waals surface area contributed by atoms with Gasteiger partial charge in [0.05, 0.1) is 11.1 Å². The second-order valence-electron chi connectivity index (χ2n) is 4.13. The molecule has 1 atom stereocenters. The minimum Gasteiger partial charge on any atom is -0.388 e.